The smallest absolute Gasteiger partial charge is 0.212 e. The summed E-state index contributed by atoms with van der Waals surface area (Å²) in [6.07, 6.45) is 0. The van der Waals surface area contributed by atoms with Crippen molar-refractivity contribution in [2.75, 3.05) is 5.32 Å². The first kappa shape index (κ1) is 10.8. The molecule has 0 bridgehead atoms. The third kappa shape index (κ3) is 3.94. The van der Waals surface area contributed by atoms with E-state index in [-0.39, 0.29) is 17.7 Å². The van der Waals surface area contributed by atoms with Crippen LogP contribution in [-0.2, 0) is 0 Å². The number of anilines is 1. The van der Waals surface area contributed by atoms with Crippen molar-refractivity contribution in [3.05, 3.63) is 30.1 Å². The van der Waals surface area contributed by atoms with Gasteiger partial charge in [-0.25, -0.2) is 4.39 Å². The van der Waals surface area contributed by atoms with Gasteiger partial charge in [-0.05, 0) is 24.3 Å². The first-order valence-corrected chi connectivity index (χ1v) is 4.05. The highest BCUT2D eigenvalue weighted by atomic mass is 19.1. The molecule has 0 amide bonds. The van der Waals surface area contributed by atoms with E-state index in [0.717, 1.165) is 0 Å². The molecule has 0 unspecified atom stereocenters. The summed E-state index contributed by atoms with van der Waals surface area (Å²) in [6, 6.07) is 5.51. The number of hydrogen-bond acceptors (Lipinski definition) is 2. The van der Waals surface area contributed by atoms with Crippen LogP contribution in [0, 0.1) is 16.6 Å². The van der Waals surface area contributed by atoms with Crippen LogP contribution in [0.4, 0.5) is 10.1 Å². The molecule has 0 spiro atoms. The summed E-state index contributed by atoms with van der Waals surface area (Å²) in [5, 5.41) is 16.8. The predicted octanol–water partition coefficient (Wildman–Crippen LogP) is 0.160. The van der Waals surface area contributed by atoms with Crippen molar-refractivity contribution in [2.45, 2.75) is 0 Å². The molecule has 80 valence electrons. The van der Waals surface area contributed by atoms with Crippen LogP contribution in [0.1, 0.15) is 0 Å². The number of nitrogens with one attached hydrogen (secondary N) is 5. The first-order chi connectivity index (χ1) is 7.08. The molecular weight excluding hydrogens is 199 g/mol. The van der Waals surface area contributed by atoms with Crippen LogP contribution in [0.2, 0.25) is 0 Å². The largest absolute Gasteiger partial charge is 0.369 e. The minimum atomic E-state index is -0.345. The van der Waals surface area contributed by atoms with E-state index in [1.54, 1.807) is 0 Å². The van der Waals surface area contributed by atoms with Crippen LogP contribution in [0.3, 0.4) is 0 Å². The lowest BCUT2D eigenvalue weighted by atomic mass is 10.3. The second kappa shape index (κ2) is 4.80. The summed E-state index contributed by atoms with van der Waals surface area (Å²) in [7, 11) is 0. The summed E-state index contributed by atoms with van der Waals surface area (Å²) < 4.78 is 12.5. The molecule has 7 N–H and O–H groups in total. The lowest BCUT2D eigenvalue weighted by molar-refractivity contribution is 0.628. The Bertz CT molecular complexity index is 360. The van der Waals surface area contributed by atoms with E-state index in [0.29, 0.717) is 5.69 Å². The summed E-state index contributed by atoms with van der Waals surface area (Å²) in [5.74, 6) is -0.751. The third-order valence-electron chi connectivity index (χ3n) is 1.44. The SMILES string of the molecule is N=C(N)NNC(=N)Nc1ccc(F)cc1. The fourth-order valence-corrected chi connectivity index (χ4v) is 0.839. The molecule has 0 saturated heterocycles. The Kier molecular flexibility index (Phi) is 3.44. The molecule has 6 nitrogen and oxygen atoms in total. The molecule has 0 saturated carbocycles. The Morgan fingerprint density at radius 1 is 1.13 bits per heavy atom. The van der Waals surface area contributed by atoms with Gasteiger partial charge in [0.05, 0.1) is 0 Å². The maximum atomic E-state index is 12.5. The van der Waals surface area contributed by atoms with E-state index in [9.17, 15) is 4.39 Å². The zero-order valence-electron chi connectivity index (χ0n) is 7.76. The highest BCUT2D eigenvalue weighted by Gasteiger charge is 1.97. The molecule has 7 heteroatoms. The van der Waals surface area contributed by atoms with Gasteiger partial charge >= 0.3 is 0 Å². The molecule has 0 radical (unpaired) electrons. The summed E-state index contributed by atoms with van der Waals surface area (Å²) in [4.78, 5) is 0. The molecular formula is C8H11FN6. The zero-order chi connectivity index (χ0) is 11.3. The molecule has 0 fully saturated rings. The molecule has 0 atom stereocenters. The first-order valence-electron chi connectivity index (χ1n) is 4.05. The second-order valence-corrected chi connectivity index (χ2v) is 2.67. The van der Waals surface area contributed by atoms with E-state index in [2.05, 4.69) is 16.2 Å². The van der Waals surface area contributed by atoms with Crippen LogP contribution in [0.15, 0.2) is 24.3 Å². The fraction of sp³-hybridized carbons (Fsp3) is 0. The van der Waals surface area contributed by atoms with Gasteiger partial charge < -0.3 is 11.1 Å². The van der Waals surface area contributed by atoms with Crippen LogP contribution >= 0.6 is 0 Å². The van der Waals surface area contributed by atoms with Crippen molar-refractivity contribution < 1.29 is 4.39 Å². The highest BCUT2D eigenvalue weighted by molar-refractivity contribution is 5.92. The number of hydrazine groups is 1. The predicted molar refractivity (Wildman–Crippen MR) is 55.9 cm³/mol. The number of guanidine groups is 2. The summed E-state index contributed by atoms with van der Waals surface area (Å²) in [6.45, 7) is 0. The van der Waals surface area contributed by atoms with Crippen molar-refractivity contribution in [2.24, 2.45) is 5.73 Å². The Morgan fingerprint density at radius 3 is 2.27 bits per heavy atom. The van der Waals surface area contributed by atoms with Gasteiger partial charge in [0.1, 0.15) is 5.82 Å². The highest BCUT2D eigenvalue weighted by Crippen LogP contribution is 2.07. The van der Waals surface area contributed by atoms with E-state index >= 15 is 0 Å². The number of rotatable bonds is 1. The topological polar surface area (TPSA) is 110 Å². The maximum absolute atomic E-state index is 12.5. The van der Waals surface area contributed by atoms with Gasteiger partial charge in [-0.1, -0.05) is 0 Å². The molecule has 0 aliphatic heterocycles. The average Bonchev–Trinajstić information content (AvgIpc) is 2.19. The molecule has 0 aromatic heterocycles. The van der Waals surface area contributed by atoms with Gasteiger partial charge in [0.2, 0.25) is 11.9 Å². The quantitative estimate of drug-likeness (QED) is 0.225. The van der Waals surface area contributed by atoms with Crippen molar-refractivity contribution >= 4 is 17.6 Å². The van der Waals surface area contributed by atoms with Crippen LogP contribution in [0.25, 0.3) is 0 Å². The lowest BCUT2D eigenvalue weighted by Gasteiger charge is -2.10. The minimum absolute atomic E-state index is 0.100. The maximum Gasteiger partial charge on any atom is 0.212 e. The molecule has 15 heavy (non-hydrogen) atoms. The normalized spacial score (nSPS) is 9.13. The third-order valence-corrected chi connectivity index (χ3v) is 1.44. The molecule has 1 rings (SSSR count). The molecule has 1 aromatic rings. The van der Waals surface area contributed by atoms with Crippen molar-refractivity contribution in [3.8, 4) is 0 Å². The van der Waals surface area contributed by atoms with E-state index in [1.165, 1.54) is 24.3 Å². The second-order valence-electron chi connectivity index (χ2n) is 2.67. The van der Waals surface area contributed by atoms with Crippen LogP contribution in [0.5, 0.6) is 0 Å². The minimum Gasteiger partial charge on any atom is -0.369 e. The van der Waals surface area contributed by atoms with E-state index < -0.39 is 0 Å². The Balaban J connectivity index is 2.44. The van der Waals surface area contributed by atoms with Gasteiger partial charge in [0, 0.05) is 5.69 Å². The fourth-order valence-electron chi connectivity index (χ4n) is 0.839. The summed E-state index contributed by atoms with van der Waals surface area (Å²) in [5.41, 5.74) is 10.1. The van der Waals surface area contributed by atoms with E-state index in [1.807, 2.05) is 0 Å². The standard InChI is InChI=1S/C8H11FN6/c9-5-1-3-6(4-2-5)13-8(12)15-14-7(10)11/h1-4H,(H4,10,11,14)(H3,12,13,15). The number of benzene rings is 1. The molecule has 0 heterocycles. The van der Waals surface area contributed by atoms with Gasteiger partial charge in [-0.15, -0.1) is 0 Å². The number of nitrogens with two attached hydrogens (primary N) is 1. The van der Waals surface area contributed by atoms with Crippen molar-refractivity contribution in [1.29, 1.82) is 10.8 Å². The van der Waals surface area contributed by atoms with Crippen molar-refractivity contribution in [1.82, 2.24) is 10.9 Å². The van der Waals surface area contributed by atoms with Gasteiger partial charge in [-0.3, -0.25) is 21.7 Å². The molecule has 0 aliphatic carbocycles. The molecule has 0 aliphatic rings. The Labute approximate surface area is 85.7 Å². The monoisotopic (exact) mass is 210 g/mol. The van der Waals surface area contributed by atoms with Gasteiger partial charge in [-0.2, -0.15) is 0 Å². The Morgan fingerprint density at radius 2 is 1.73 bits per heavy atom. The van der Waals surface area contributed by atoms with Crippen molar-refractivity contribution in [3.63, 3.8) is 0 Å². The molecule has 1 aromatic carbocycles. The van der Waals surface area contributed by atoms with Gasteiger partial charge in [0.15, 0.2) is 0 Å². The average molecular weight is 210 g/mol. The number of halogens is 1. The van der Waals surface area contributed by atoms with Crippen LogP contribution in [-0.4, -0.2) is 11.9 Å². The summed E-state index contributed by atoms with van der Waals surface area (Å²) >= 11 is 0. The zero-order valence-corrected chi connectivity index (χ0v) is 7.76. The van der Waals surface area contributed by atoms with Crippen LogP contribution < -0.4 is 21.9 Å². The van der Waals surface area contributed by atoms with E-state index in [4.69, 9.17) is 16.6 Å². The lowest BCUT2D eigenvalue weighted by Crippen LogP contribution is -2.47. The number of hydrogen-bond donors (Lipinski definition) is 6. The Hall–Kier alpha value is -2.31. The van der Waals surface area contributed by atoms with Gasteiger partial charge in [0.25, 0.3) is 0 Å².